The molecule has 172 valence electrons. The molecule has 0 saturated heterocycles. The highest BCUT2D eigenvalue weighted by Crippen LogP contribution is 2.30. The van der Waals surface area contributed by atoms with E-state index in [1.807, 2.05) is 108 Å². The van der Waals surface area contributed by atoms with Crippen LogP contribution in [0.15, 0.2) is 97.6 Å². The lowest BCUT2D eigenvalue weighted by molar-refractivity contribution is 0.946. The van der Waals surface area contributed by atoms with Gasteiger partial charge in [0.25, 0.3) is 0 Å². The normalized spacial score (nSPS) is 10.4. The van der Waals surface area contributed by atoms with Crippen molar-refractivity contribution in [3.05, 3.63) is 109 Å². The largest absolute Gasteiger partial charge is 0.334 e. The van der Waals surface area contributed by atoms with Crippen molar-refractivity contribution >= 4 is 22.1 Å². The maximum Gasteiger partial charge on any atom is 0.107 e. The van der Waals surface area contributed by atoms with Gasteiger partial charge in [0.1, 0.15) is 17.7 Å². The van der Waals surface area contributed by atoms with Gasteiger partial charge in [-0.3, -0.25) is 0 Å². The van der Waals surface area contributed by atoms with Gasteiger partial charge < -0.3 is 9.13 Å². The zero-order chi connectivity index (χ0) is 25.1. The first-order chi connectivity index (χ1) is 17.6. The van der Waals surface area contributed by atoms with Gasteiger partial charge in [0.05, 0.1) is 40.3 Å². The van der Waals surface area contributed by atoms with E-state index in [0.717, 1.165) is 44.3 Å². The molecular weight excluding hydrogens is 444 g/mol. The highest BCUT2D eigenvalue weighted by Gasteiger charge is 2.13. The first kappa shape index (κ1) is 22.6. The first-order valence-electron chi connectivity index (χ1n) is 11.4. The Labute approximate surface area is 208 Å². The first-order valence-corrected chi connectivity index (χ1v) is 11.4. The summed E-state index contributed by atoms with van der Waals surface area (Å²) in [5, 5.41) is 18.8. The summed E-state index contributed by atoms with van der Waals surface area (Å²) in [7, 11) is 3.84. The molecule has 6 aromatic rings. The third-order valence-electron chi connectivity index (χ3n) is 6.17. The van der Waals surface area contributed by atoms with Gasteiger partial charge in [-0.2, -0.15) is 10.5 Å². The molecule has 0 spiro atoms. The SMILES string of the molecule is Cn1cnc2c(C#N)c(-c3ccccc3)ccc21.Cn1cnc2ccc(-c3ccccc3)c(C#N)c21. The van der Waals surface area contributed by atoms with Crippen LogP contribution in [0.1, 0.15) is 11.1 Å². The topological polar surface area (TPSA) is 83.2 Å². The monoisotopic (exact) mass is 466 g/mol. The Bertz CT molecular complexity index is 1760. The Morgan fingerprint density at radius 1 is 0.611 bits per heavy atom. The molecule has 6 nitrogen and oxygen atoms in total. The van der Waals surface area contributed by atoms with Gasteiger partial charge in [-0.05, 0) is 23.3 Å². The van der Waals surface area contributed by atoms with E-state index in [9.17, 15) is 10.5 Å². The van der Waals surface area contributed by atoms with Gasteiger partial charge >= 0.3 is 0 Å². The molecule has 0 N–H and O–H groups in total. The number of imidazole rings is 2. The Kier molecular flexibility index (Phi) is 6.01. The van der Waals surface area contributed by atoms with Crippen molar-refractivity contribution < 1.29 is 0 Å². The second kappa shape index (κ2) is 9.58. The minimum atomic E-state index is 0.638. The summed E-state index contributed by atoms with van der Waals surface area (Å²) in [6.45, 7) is 0. The fraction of sp³-hybridized carbons (Fsp3) is 0.0667. The van der Waals surface area contributed by atoms with Crippen LogP contribution < -0.4 is 0 Å². The number of aryl methyl sites for hydroxylation is 2. The van der Waals surface area contributed by atoms with Crippen LogP contribution >= 0.6 is 0 Å². The molecule has 2 heterocycles. The number of fused-ring (bicyclic) bond motifs is 2. The van der Waals surface area contributed by atoms with E-state index in [0.29, 0.717) is 11.1 Å². The van der Waals surface area contributed by atoms with Crippen molar-refractivity contribution in [3.8, 4) is 34.4 Å². The predicted octanol–water partition coefficient (Wildman–Crippen LogP) is 6.22. The highest BCUT2D eigenvalue weighted by atomic mass is 15.0. The Morgan fingerprint density at radius 3 is 1.78 bits per heavy atom. The van der Waals surface area contributed by atoms with Crippen LogP contribution in [0.4, 0.5) is 0 Å². The maximum absolute atomic E-state index is 9.43. The van der Waals surface area contributed by atoms with Gasteiger partial charge in [-0.1, -0.05) is 72.8 Å². The average molecular weight is 467 g/mol. The third kappa shape index (κ3) is 3.98. The number of hydrogen-bond donors (Lipinski definition) is 0. The second-order valence-corrected chi connectivity index (χ2v) is 8.38. The molecule has 0 amide bonds. The summed E-state index contributed by atoms with van der Waals surface area (Å²) in [6.07, 6.45) is 3.47. The van der Waals surface area contributed by atoms with Crippen LogP contribution in [0, 0.1) is 22.7 Å². The van der Waals surface area contributed by atoms with Crippen LogP contribution in [0.25, 0.3) is 44.3 Å². The number of rotatable bonds is 2. The lowest BCUT2D eigenvalue weighted by Gasteiger charge is -2.06. The molecule has 0 aliphatic rings. The summed E-state index contributed by atoms with van der Waals surface area (Å²) < 4.78 is 3.81. The molecule has 36 heavy (non-hydrogen) atoms. The quantitative estimate of drug-likeness (QED) is 0.303. The molecule has 0 atom stereocenters. The van der Waals surface area contributed by atoms with Gasteiger partial charge in [0.2, 0.25) is 0 Å². The minimum Gasteiger partial charge on any atom is -0.334 e. The fourth-order valence-electron chi connectivity index (χ4n) is 4.39. The van der Waals surface area contributed by atoms with Crippen molar-refractivity contribution in [3.63, 3.8) is 0 Å². The van der Waals surface area contributed by atoms with Crippen LogP contribution in [0.3, 0.4) is 0 Å². The van der Waals surface area contributed by atoms with Crippen LogP contribution in [-0.2, 0) is 14.1 Å². The summed E-state index contributed by atoms with van der Waals surface area (Å²) in [4.78, 5) is 8.59. The Morgan fingerprint density at radius 2 is 1.17 bits per heavy atom. The average Bonchev–Trinajstić information content (AvgIpc) is 3.51. The molecular formula is C30H22N6. The Balaban J connectivity index is 0.000000148. The van der Waals surface area contributed by atoms with Gasteiger partial charge in [0.15, 0.2) is 0 Å². The maximum atomic E-state index is 9.43. The zero-order valence-corrected chi connectivity index (χ0v) is 19.9. The molecule has 2 aromatic heterocycles. The standard InChI is InChI=1S/2C15H11N3/c1-18-10-17-15-13(9-16)12(7-8-14(15)18)11-5-3-2-4-6-11;1-18-10-17-14-8-7-12(13(9-16)15(14)18)11-5-3-2-4-6-11/h2*2-8,10H,1H3. The van der Waals surface area contributed by atoms with Crippen molar-refractivity contribution in [2.24, 2.45) is 14.1 Å². The zero-order valence-electron chi connectivity index (χ0n) is 19.9. The molecule has 0 fully saturated rings. The van der Waals surface area contributed by atoms with Crippen LogP contribution in [0.5, 0.6) is 0 Å². The van der Waals surface area contributed by atoms with E-state index >= 15 is 0 Å². The molecule has 0 radical (unpaired) electrons. The fourth-order valence-corrected chi connectivity index (χ4v) is 4.39. The highest BCUT2D eigenvalue weighted by molar-refractivity contribution is 5.91. The van der Waals surface area contributed by atoms with E-state index < -0.39 is 0 Å². The minimum absolute atomic E-state index is 0.638. The van der Waals surface area contributed by atoms with Crippen molar-refractivity contribution in [2.75, 3.05) is 0 Å². The molecule has 0 saturated carbocycles. The number of hydrogen-bond acceptors (Lipinski definition) is 4. The van der Waals surface area contributed by atoms with E-state index in [2.05, 4.69) is 22.1 Å². The number of aromatic nitrogens is 4. The summed E-state index contributed by atoms with van der Waals surface area (Å²) in [5.74, 6) is 0. The van der Waals surface area contributed by atoms with E-state index in [-0.39, 0.29) is 0 Å². The van der Waals surface area contributed by atoms with Gasteiger partial charge in [-0.25, -0.2) is 9.97 Å². The van der Waals surface area contributed by atoms with Crippen molar-refractivity contribution in [2.45, 2.75) is 0 Å². The van der Waals surface area contributed by atoms with Gasteiger partial charge in [0, 0.05) is 25.2 Å². The van der Waals surface area contributed by atoms with Crippen molar-refractivity contribution in [1.29, 1.82) is 10.5 Å². The second-order valence-electron chi connectivity index (χ2n) is 8.38. The van der Waals surface area contributed by atoms with E-state index in [1.165, 1.54) is 0 Å². The van der Waals surface area contributed by atoms with Gasteiger partial charge in [-0.15, -0.1) is 0 Å². The molecule has 6 heteroatoms. The molecule has 0 bridgehead atoms. The summed E-state index contributed by atoms with van der Waals surface area (Å²) in [5.41, 5.74) is 8.79. The summed E-state index contributed by atoms with van der Waals surface area (Å²) in [6, 6.07) is 32.4. The summed E-state index contributed by atoms with van der Waals surface area (Å²) >= 11 is 0. The molecule has 6 rings (SSSR count). The third-order valence-corrected chi connectivity index (χ3v) is 6.17. The lowest BCUT2D eigenvalue weighted by atomic mass is 9.99. The van der Waals surface area contributed by atoms with Crippen molar-refractivity contribution in [1.82, 2.24) is 19.1 Å². The van der Waals surface area contributed by atoms with Crippen LogP contribution in [-0.4, -0.2) is 19.1 Å². The Hall–Kier alpha value is -5.20. The number of benzene rings is 4. The number of nitriles is 2. The van der Waals surface area contributed by atoms with E-state index in [1.54, 1.807) is 12.7 Å². The lowest BCUT2D eigenvalue weighted by Crippen LogP contribution is -1.91. The number of nitrogens with zero attached hydrogens (tertiary/aromatic N) is 6. The molecule has 0 aliphatic carbocycles. The van der Waals surface area contributed by atoms with E-state index in [4.69, 9.17) is 0 Å². The predicted molar refractivity (Wildman–Crippen MR) is 142 cm³/mol. The smallest absolute Gasteiger partial charge is 0.107 e. The molecule has 0 aliphatic heterocycles. The molecule has 0 unspecified atom stereocenters. The molecule has 4 aromatic carbocycles. The van der Waals surface area contributed by atoms with Crippen LogP contribution in [0.2, 0.25) is 0 Å².